The van der Waals surface area contributed by atoms with E-state index in [4.69, 9.17) is 4.98 Å². The van der Waals surface area contributed by atoms with Crippen molar-refractivity contribution in [3.05, 3.63) is 180 Å². The van der Waals surface area contributed by atoms with Gasteiger partial charge in [-0.15, -0.1) is 0 Å². The molecule has 0 aliphatic heterocycles. The number of fused-ring (bicyclic) bond motifs is 8. The average Bonchev–Trinajstić information content (AvgIpc) is 3.52. The third-order valence-corrected chi connectivity index (χ3v) is 11.7. The minimum absolute atomic E-state index is 0.0928. The van der Waals surface area contributed by atoms with E-state index in [2.05, 4.69) is 184 Å². The van der Waals surface area contributed by atoms with Gasteiger partial charge < -0.3 is 4.90 Å². The second-order valence-corrected chi connectivity index (χ2v) is 15.3. The second-order valence-electron chi connectivity index (χ2n) is 15.3. The molecule has 1 heterocycles. The van der Waals surface area contributed by atoms with Crippen LogP contribution in [0, 0.1) is 0 Å². The fourth-order valence-corrected chi connectivity index (χ4v) is 8.88. The summed E-state index contributed by atoms with van der Waals surface area (Å²) in [6.07, 6.45) is 2.04. The van der Waals surface area contributed by atoms with E-state index >= 15 is 0 Å². The van der Waals surface area contributed by atoms with Crippen LogP contribution in [-0.2, 0) is 10.8 Å². The van der Waals surface area contributed by atoms with Crippen molar-refractivity contribution in [2.45, 2.75) is 38.5 Å². The molecule has 7 aromatic carbocycles. The normalized spacial score (nSPS) is 14.6. The van der Waals surface area contributed by atoms with E-state index in [-0.39, 0.29) is 10.8 Å². The quantitative estimate of drug-likeness (QED) is 0.188. The predicted octanol–water partition coefficient (Wildman–Crippen LogP) is 13.1. The number of anilines is 3. The highest BCUT2D eigenvalue weighted by Crippen LogP contribution is 2.53. The number of hydrogen-bond acceptors (Lipinski definition) is 2. The molecule has 51 heavy (non-hydrogen) atoms. The Labute approximate surface area is 299 Å². The second kappa shape index (κ2) is 10.8. The molecular formula is C49H38N2. The number of pyridine rings is 1. The first-order chi connectivity index (χ1) is 24.8. The average molecular weight is 655 g/mol. The molecule has 0 N–H and O–H groups in total. The monoisotopic (exact) mass is 654 g/mol. The lowest BCUT2D eigenvalue weighted by Crippen LogP contribution is -2.17. The predicted molar refractivity (Wildman–Crippen MR) is 214 cm³/mol. The van der Waals surface area contributed by atoms with Crippen molar-refractivity contribution >= 4 is 38.6 Å². The molecule has 2 nitrogen and oxygen atoms in total. The summed E-state index contributed by atoms with van der Waals surface area (Å²) in [5.41, 5.74) is 15.9. The van der Waals surface area contributed by atoms with Gasteiger partial charge in [-0.1, -0.05) is 125 Å². The lowest BCUT2D eigenvalue weighted by Gasteiger charge is -2.29. The Morgan fingerprint density at radius 1 is 0.392 bits per heavy atom. The number of benzene rings is 7. The number of nitrogens with zero attached hydrogens (tertiary/aromatic N) is 2. The van der Waals surface area contributed by atoms with Gasteiger partial charge in [-0.05, 0) is 121 Å². The molecular weight excluding hydrogens is 617 g/mol. The Kier molecular flexibility index (Phi) is 6.30. The Bertz CT molecular complexity index is 2700. The molecule has 0 atom stereocenters. The van der Waals surface area contributed by atoms with Crippen molar-refractivity contribution in [3.8, 4) is 33.5 Å². The molecule has 0 bridgehead atoms. The summed E-state index contributed by atoms with van der Waals surface area (Å²) in [7, 11) is 0. The third-order valence-electron chi connectivity index (χ3n) is 11.7. The molecule has 2 heteroatoms. The fraction of sp³-hybridized carbons (Fsp3) is 0.122. The summed E-state index contributed by atoms with van der Waals surface area (Å²) in [4.78, 5) is 7.48. The van der Waals surface area contributed by atoms with Gasteiger partial charge in [0.2, 0.25) is 0 Å². The van der Waals surface area contributed by atoms with Crippen LogP contribution >= 0.6 is 0 Å². The highest BCUT2D eigenvalue weighted by molar-refractivity contribution is 5.95. The van der Waals surface area contributed by atoms with E-state index in [1.54, 1.807) is 0 Å². The zero-order valence-corrected chi connectivity index (χ0v) is 29.4. The Balaban J connectivity index is 1.14. The van der Waals surface area contributed by atoms with Gasteiger partial charge in [-0.25, -0.2) is 0 Å². The smallest absolute Gasteiger partial charge is 0.0703 e. The highest BCUT2D eigenvalue weighted by atomic mass is 15.1. The first kappa shape index (κ1) is 29.9. The van der Waals surface area contributed by atoms with E-state index < -0.39 is 0 Å². The van der Waals surface area contributed by atoms with Crippen LogP contribution in [0.5, 0.6) is 0 Å². The summed E-state index contributed by atoms with van der Waals surface area (Å²) < 4.78 is 0. The van der Waals surface area contributed by atoms with Crippen LogP contribution in [0.4, 0.5) is 17.1 Å². The van der Waals surface area contributed by atoms with Crippen molar-refractivity contribution in [2.24, 2.45) is 0 Å². The fourth-order valence-electron chi connectivity index (χ4n) is 8.88. The van der Waals surface area contributed by atoms with Crippen LogP contribution in [-0.4, -0.2) is 4.98 Å². The van der Waals surface area contributed by atoms with E-state index in [0.717, 1.165) is 28.3 Å². The molecule has 8 aromatic rings. The van der Waals surface area contributed by atoms with E-state index in [1.165, 1.54) is 66.1 Å². The molecule has 2 aliphatic carbocycles. The number of hydrogen-bond donors (Lipinski definition) is 0. The lowest BCUT2D eigenvalue weighted by atomic mass is 9.82. The van der Waals surface area contributed by atoms with Crippen molar-refractivity contribution in [3.63, 3.8) is 0 Å². The Hall–Kier alpha value is -5.99. The molecule has 0 fully saturated rings. The summed E-state index contributed by atoms with van der Waals surface area (Å²) in [5, 5.41) is 5.02. The molecule has 0 spiro atoms. The summed E-state index contributed by atoms with van der Waals surface area (Å²) in [5.74, 6) is 0. The zero-order chi connectivity index (χ0) is 34.5. The molecule has 0 radical (unpaired) electrons. The summed E-state index contributed by atoms with van der Waals surface area (Å²) in [6.45, 7) is 9.42. The van der Waals surface area contributed by atoms with Crippen LogP contribution in [0.2, 0.25) is 0 Å². The molecule has 2 aliphatic rings. The van der Waals surface area contributed by atoms with Gasteiger partial charge in [0.05, 0.1) is 17.6 Å². The Morgan fingerprint density at radius 2 is 0.961 bits per heavy atom. The zero-order valence-electron chi connectivity index (χ0n) is 29.4. The first-order valence-electron chi connectivity index (χ1n) is 18.0. The largest absolute Gasteiger partial charge is 0.309 e. The maximum atomic E-state index is 5.09. The molecule has 0 saturated heterocycles. The molecule has 0 amide bonds. The number of aromatic nitrogens is 1. The molecule has 0 unspecified atom stereocenters. The van der Waals surface area contributed by atoms with Gasteiger partial charge in [-0.2, -0.15) is 0 Å². The van der Waals surface area contributed by atoms with Gasteiger partial charge >= 0.3 is 0 Å². The minimum Gasteiger partial charge on any atom is -0.309 e. The van der Waals surface area contributed by atoms with E-state index in [9.17, 15) is 0 Å². The van der Waals surface area contributed by atoms with Gasteiger partial charge in [0.15, 0.2) is 0 Å². The van der Waals surface area contributed by atoms with Gasteiger partial charge in [0, 0.05) is 27.8 Å². The topological polar surface area (TPSA) is 16.1 Å². The Morgan fingerprint density at radius 3 is 1.73 bits per heavy atom. The summed E-state index contributed by atoms with van der Waals surface area (Å²) >= 11 is 0. The maximum absolute atomic E-state index is 5.09. The van der Waals surface area contributed by atoms with Crippen molar-refractivity contribution < 1.29 is 0 Å². The van der Waals surface area contributed by atoms with Crippen LogP contribution in [0.15, 0.2) is 158 Å². The van der Waals surface area contributed by atoms with Crippen molar-refractivity contribution in [1.29, 1.82) is 0 Å². The minimum atomic E-state index is -0.103. The lowest BCUT2D eigenvalue weighted by molar-refractivity contribution is 0.660. The standard InChI is InChI=1S/C49H38N2/c1-48(2)43-16-10-9-15-39(43)40-22-19-37(29-46(40)48)51(38-21-24-47(50-30-38)35-18-17-31-11-5-6-12-32(31)25-35)36-20-23-44-42(28-36)41-26-33-13-7-8-14-34(33)27-45(41)49(44,3)4/h5-30H,1-4H3. The summed E-state index contributed by atoms with van der Waals surface area (Å²) in [6, 6.07) is 55.9. The van der Waals surface area contributed by atoms with Gasteiger partial charge in [0.25, 0.3) is 0 Å². The van der Waals surface area contributed by atoms with E-state index in [0.29, 0.717) is 0 Å². The van der Waals surface area contributed by atoms with Crippen LogP contribution in [0.3, 0.4) is 0 Å². The SMILES string of the molecule is CC1(C)c2ccccc2-c2ccc(N(c3ccc(-c4ccc5ccccc5c4)nc3)c3ccc4c(c3)-c3cc5ccccc5cc3C4(C)C)cc21. The van der Waals surface area contributed by atoms with Crippen LogP contribution in [0.25, 0.3) is 55.1 Å². The molecule has 244 valence electrons. The third kappa shape index (κ3) is 4.46. The maximum Gasteiger partial charge on any atom is 0.0703 e. The molecule has 10 rings (SSSR count). The first-order valence-corrected chi connectivity index (χ1v) is 18.0. The van der Waals surface area contributed by atoms with Crippen molar-refractivity contribution in [1.82, 2.24) is 4.98 Å². The van der Waals surface area contributed by atoms with Gasteiger partial charge in [0.1, 0.15) is 0 Å². The highest BCUT2D eigenvalue weighted by Gasteiger charge is 2.38. The number of rotatable bonds is 4. The molecule has 0 saturated carbocycles. The van der Waals surface area contributed by atoms with Crippen LogP contribution in [0.1, 0.15) is 49.9 Å². The van der Waals surface area contributed by atoms with Crippen LogP contribution < -0.4 is 4.90 Å². The molecule has 1 aromatic heterocycles. The van der Waals surface area contributed by atoms with Gasteiger partial charge in [-0.3, -0.25) is 4.98 Å². The van der Waals surface area contributed by atoms with E-state index in [1.807, 2.05) is 6.20 Å². The van der Waals surface area contributed by atoms with Crippen molar-refractivity contribution in [2.75, 3.05) is 4.90 Å².